The normalized spacial score (nSPS) is 17.9. The van der Waals surface area contributed by atoms with E-state index in [1.807, 2.05) is 0 Å². The molecule has 1 aromatic carbocycles. The Balaban J connectivity index is 1.99. The van der Waals surface area contributed by atoms with Crippen LogP contribution in [0.4, 0.5) is 10.5 Å². The molecule has 1 aromatic rings. The summed E-state index contributed by atoms with van der Waals surface area (Å²) in [4.78, 5) is 11.8. The molecule has 0 aliphatic carbocycles. The van der Waals surface area contributed by atoms with Crippen molar-refractivity contribution in [2.24, 2.45) is 0 Å². The van der Waals surface area contributed by atoms with Gasteiger partial charge in [0.1, 0.15) is 11.5 Å². The zero-order chi connectivity index (χ0) is 13.7. The zero-order valence-corrected chi connectivity index (χ0v) is 11.1. The Bertz CT molecular complexity index is 444. The fraction of sp³-hybridized carbons (Fsp3) is 0.462. The van der Waals surface area contributed by atoms with E-state index in [4.69, 9.17) is 14.2 Å². The van der Waals surface area contributed by atoms with E-state index < -0.39 is 0 Å². The highest BCUT2D eigenvalue weighted by molar-refractivity contribution is 5.91. The molecule has 0 aromatic heterocycles. The molecule has 104 valence electrons. The van der Waals surface area contributed by atoms with Gasteiger partial charge in [-0.2, -0.15) is 0 Å². The van der Waals surface area contributed by atoms with E-state index in [1.54, 1.807) is 32.4 Å². The van der Waals surface area contributed by atoms with E-state index in [9.17, 15) is 4.79 Å². The molecule has 1 atom stereocenters. The van der Waals surface area contributed by atoms with Gasteiger partial charge in [0.05, 0.1) is 32.6 Å². The molecule has 0 spiro atoms. The van der Waals surface area contributed by atoms with Gasteiger partial charge in [-0.1, -0.05) is 0 Å². The van der Waals surface area contributed by atoms with Crippen LogP contribution in [0.15, 0.2) is 18.2 Å². The predicted octanol–water partition coefficient (Wildman–Crippen LogP) is 1.61. The molecule has 1 heterocycles. The molecular weight excluding hydrogens is 248 g/mol. The molecule has 2 N–H and O–H groups in total. The first-order chi connectivity index (χ1) is 9.22. The first-order valence-electron chi connectivity index (χ1n) is 6.10. The van der Waals surface area contributed by atoms with Crippen molar-refractivity contribution >= 4 is 11.7 Å². The SMILES string of the molecule is COc1ccc(NC(=O)N[C@@H]2CCOC2)c(OC)c1. The first kappa shape index (κ1) is 13.5. The molecule has 6 heteroatoms. The number of hydrogen-bond donors (Lipinski definition) is 2. The van der Waals surface area contributed by atoms with E-state index in [0.717, 1.165) is 6.42 Å². The molecule has 1 saturated heterocycles. The number of amides is 2. The van der Waals surface area contributed by atoms with Gasteiger partial charge in [-0.3, -0.25) is 0 Å². The van der Waals surface area contributed by atoms with E-state index in [0.29, 0.717) is 30.4 Å². The van der Waals surface area contributed by atoms with Crippen molar-refractivity contribution in [1.82, 2.24) is 5.32 Å². The second-order valence-electron chi connectivity index (χ2n) is 4.23. The summed E-state index contributed by atoms with van der Waals surface area (Å²) in [5, 5.41) is 5.60. The van der Waals surface area contributed by atoms with Crippen LogP contribution in [0.25, 0.3) is 0 Å². The van der Waals surface area contributed by atoms with Crippen LogP contribution in [-0.4, -0.2) is 39.5 Å². The second kappa shape index (κ2) is 6.29. The van der Waals surface area contributed by atoms with Crippen molar-refractivity contribution in [3.05, 3.63) is 18.2 Å². The molecular formula is C13H18N2O4. The molecule has 0 bridgehead atoms. The van der Waals surface area contributed by atoms with Gasteiger partial charge in [0.25, 0.3) is 0 Å². The topological polar surface area (TPSA) is 68.8 Å². The third-order valence-corrected chi connectivity index (χ3v) is 2.92. The number of ether oxygens (including phenoxy) is 3. The van der Waals surface area contributed by atoms with E-state index >= 15 is 0 Å². The third kappa shape index (κ3) is 3.51. The predicted molar refractivity (Wildman–Crippen MR) is 70.9 cm³/mol. The molecule has 2 amide bonds. The molecule has 0 radical (unpaired) electrons. The summed E-state index contributed by atoms with van der Waals surface area (Å²) in [7, 11) is 3.12. The summed E-state index contributed by atoms with van der Waals surface area (Å²) < 4.78 is 15.5. The highest BCUT2D eigenvalue weighted by Crippen LogP contribution is 2.28. The summed E-state index contributed by atoms with van der Waals surface area (Å²) in [6, 6.07) is 5.02. The fourth-order valence-corrected chi connectivity index (χ4v) is 1.89. The van der Waals surface area contributed by atoms with Gasteiger partial charge in [-0.05, 0) is 18.6 Å². The van der Waals surface area contributed by atoms with E-state index in [1.165, 1.54) is 0 Å². The van der Waals surface area contributed by atoms with Crippen molar-refractivity contribution < 1.29 is 19.0 Å². The first-order valence-corrected chi connectivity index (χ1v) is 6.10. The number of anilines is 1. The number of hydrogen-bond acceptors (Lipinski definition) is 4. The van der Waals surface area contributed by atoms with Crippen molar-refractivity contribution in [3.8, 4) is 11.5 Å². The smallest absolute Gasteiger partial charge is 0.319 e. The highest BCUT2D eigenvalue weighted by Gasteiger charge is 2.18. The quantitative estimate of drug-likeness (QED) is 0.868. The van der Waals surface area contributed by atoms with Crippen molar-refractivity contribution in [2.45, 2.75) is 12.5 Å². The third-order valence-electron chi connectivity index (χ3n) is 2.92. The lowest BCUT2D eigenvalue weighted by Crippen LogP contribution is -2.38. The van der Waals surface area contributed by atoms with Crippen molar-refractivity contribution in [2.75, 3.05) is 32.8 Å². The molecule has 0 saturated carbocycles. The lowest BCUT2D eigenvalue weighted by Gasteiger charge is -2.14. The molecule has 1 aliphatic heterocycles. The van der Waals surface area contributed by atoms with Crippen LogP contribution in [-0.2, 0) is 4.74 Å². The molecule has 1 fully saturated rings. The summed E-state index contributed by atoms with van der Waals surface area (Å²) in [6.07, 6.45) is 0.840. The number of rotatable bonds is 4. The van der Waals surface area contributed by atoms with Crippen molar-refractivity contribution in [3.63, 3.8) is 0 Å². The highest BCUT2D eigenvalue weighted by atomic mass is 16.5. The van der Waals surface area contributed by atoms with Crippen LogP contribution in [0, 0.1) is 0 Å². The van der Waals surface area contributed by atoms with Gasteiger partial charge in [0.15, 0.2) is 0 Å². The van der Waals surface area contributed by atoms with E-state index in [-0.39, 0.29) is 12.1 Å². The minimum absolute atomic E-state index is 0.0734. The molecule has 2 rings (SSSR count). The minimum atomic E-state index is -0.265. The Morgan fingerprint density at radius 3 is 2.84 bits per heavy atom. The molecule has 0 unspecified atom stereocenters. The lowest BCUT2D eigenvalue weighted by atomic mass is 10.2. The Labute approximate surface area is 112 Å². The van der Waals surface area contributed by atoms with Crippen molar-refractivity contribution in [1.29, 1.82) is 0 Å². The standard InChI is InChI=1S/C13H18N2O4/c1-17-10-3-4-11(12(7-10)18-2)15-13(16)14-9-5-6-19-8-9/h3-4,7,9H,5-6,8H2,1-2H3,(H2,14,15,16)/t9-/m1/s1. The van der Waals surface area contributed by atoms with E-state index in [2.05, 4.69) is 10.6 Å². The van der Waals surface area contributed by atoms with Crippen LogP contribution in [0.1, 0.15) is 6.42 Å². The van der Waals surface area contributed by atoms with Crippen LogP contribution >= 0.6 is 0 Å². The van der Waals surface area contributed by atoms with Gasteiger partial charge < -0.3 is 24.8 Å². The van der Waals surface area contributed by atoms with Crippen LogP contribution in [0.5, 0.6) is 11.5 Å². The second-order valence-corrected chi connectivity index (χ2v) is 4.23. The van der Waals surface area contributed by atoms with Crippen LogP contribution in [0.3, 0.4) is 0 Å². The fourth-order valence-electron chi connectivity index (χ4n) is 1.89. The summed E-state index contributed by atoms with van der Waals surface area (Å²) in [5.74, 6) is 1.23. The Morgan fingerprint density at radius 1 is 1.37 bits per heavy atom. The Hall–Kier alpha value is -1.95. The average Bonchev–Trinajstić information content (AvgIpc) is 2.91. The number of carbonyl (C=O) groups is 1. The maximum Gasteiger partial charge on any atom is 0.319 e. The molecule has 19 heavy (non-hydrogen) atoms. The largest absolute Gasteiger partial charge is 0.497 e. The number of nitrogens with one attached hydrogen (secondary N) is 2. The summed E-state index contributed by atoms with van der Waals surface area (Å²) >= 11 is 0. The monoisotopic (exact) mass is 266 g/mol. The lowest BCUT2D eigenvalue weighted by molar-refractivity contribution is 0.189. The number of benzene rings is 1. The number of methoxy groups -OCH3 is 2. The van der Waals surface area contributed by atoms with Gasteiger partial charge in [-0.25, -0.2) is 4.79 Å². The Morgan fingerprint density at radius 2 is 2.21 bits per heavy atom. The van der Waals surface area contributed by atoms with Gasteiger partial charge in [-0.15, -0.1) is 0 Å². The summed E-state index contributed by atoms with van der Waals surface area (Å²) in [5.41, 5.74) is 0.597. The molecule has 1 aliphatic rings. The maximum absolute atomic E-state index is 11.8. The summed E-state index contributed by atoms with van der Waals surface area (Å²) in [6.45, 7) is 1.25. The average molecular weight is 266 g/mol. The van der Waals surface area contributed by atoms with Gasteiger partial charge >= 0.3 is 6.03 Å². The zero-order valence-electron chi connectivity index (χ0n) is 11.1. The molecule has 6 nitrogen and oxygen atoms in total. The van der Waals surface area contributed by atoms with Crippen LogP contribution in [0.2, 0.25) is 0 Å². The van der Waals surface area contributed by atoms with Crippen LogP contribution < -0.4 is 20.1 Å². The minimum Gasteiger partial charge on any atom is -0.497 e. The Kier molecular flexibility index (Phi) is 4.46. The number of carbonyl (C=O) groups excluding carboxylic acids is 1. The van der Waals surface area contributed by atoms with Gasteiger partial charge in [0, 0.05) is 12.7 Å². The maximum atomic E-state index is 11.8. The number of urea groups is 1. The van der Waals surface area contributed by atoms with Gasteiger partial charge in [0.2, 0.25) is 0 Å².